The number of nitrogens with zero attached hydrogens (tertiary/aromatic N) is 1. The molecule has 1 N–H and O–H groups in total. The molecule has 0 spiro atoms. The van der Waals surface area contributed by atoms with Crippen molar-refractivity contribution in [1.82, 2.24) is 4.31 Å². The molecule has 0 unspecified atom stereocenters. The van der Waals surface area contributed by atoms with Gasteiger partial charge in [-0.3, -0.25) is 4.79 Å². The molecule has 1 aromatic rings. The Morgan fingerprint density at radius 3 is 2.64 bits per heavy atom. The molecular weight excluding hydrogens is 384 g/mol. The number of rotatable bonds is 6. The van der Waals surface area contributed by atoms with Crippen molar-refractivity contribution in [2.24, 2.45) is 0 Å². The molecule has 0 aliphatic carbocycles. The highest BCUT2D eigenvalue weighted by molar-refractivity contribution is 7.89. The number of carbonyl (C=O) groups is 2. The summed E-state index contributed by atoms with van der Waals surface area (Å²) >= 11 is 0. The van der Waals surface area contributed by atoms with Gasteiger partial charge in [-0.2, -0.15) is 4.31 Å². The van der Waals surface area contributed by atoms with Crippen molar-refractivity contribution in [3.8, 4) is 0 Å². The first-order valence-corrected chi connectivity index (χ1v) is 11.0. The fourth-order valence-electron chi connectivity index (χ4n) is 3.39. The van der Waals surface area contributed by atoms with Crippen molar-refractivity contribution < 1.29 is 27.5 Å². The van der Waals surface area contributed by atoms with E-state index in [1.54, 1.807) is 19.1 Å². The molecule has 1 amide bonds. The Morgan fingerprint density at radius 1 is 1.21 bits per heavy atom. The molecule has 0 aromatic heterocycles. The van der Waals surface area contributed by atoms with Crippen LogP contribution in [0.15, 0.2) is 23.1 Å². The van der Waals surface area contributed by atoms with E-state index in [0.717, 1.165) is 25.7 Å². The average Bonchev–Trinajstić information content (AvgIpc) is 3.23. The second-order valence-corrected chi connectivity index (χ2v) is 9.01. The van der Waals surface area contributed by atoms with Crippen molar-refractivity contribution in [3.05, 3.63) is 23.8 Å². The van der Waals surface area contributed by atoms with E-state index in [1.165, 1.54) is 10.4 Å². The second kappa shape index (κ2) is 9.02. The van der Waals surface area contributed by atoms with Gasteiger partial charge in [-0.1, -0.05) is 12.5 Å². The van der Waals surface area contributed by atoms with Crippen LogP contribution in [0.1, 0.15) is 37.7 Å². The van der Waals surface area contributed by atoms with Crippen LogP contribution < -0.4 is 5.32 Å². The summed E-state index contributed by atoms with van der Waals surface area (Å²) in [6.45, 7) is 2.82. The molecule has 3 rings (SSSR count). The third-order valence-corrected chi connectivity index (χ3v) is 6.98. The van der Waals surface area contributed by atoms with Crippen LogP contribution in [-0.2, 0) is 29.1 Å². The second-order valence-electron chi connectivity index (χ2n) is 7.10. The third-order valence-electron chi connectivity index (χ3n) is 4.94. The summed E-state index contributed by atoms with van der Waals surface area (Å²) in [5.74, 6) is -1.08. The van der Waals surface area contributed by atoms with Crippen LogP contribution in [0.25, 0.3) is 0 Å². The highest BCUT2D eigenvalue weighted by Crippen LogP contribution is 2.26. The molecule has 0 bridgehead atoms. The van der Waals surface area contributed by atoms with E-state index in [0.29, 0.717) is 37.4 Å². The normalized spacial score (nSPS) is 20.7. The van der Waals surface area contributed by atoms with E-state index in [-0.39, 0.29) is 4.90 Å². The lowest BCUT2D eigenvalue weighted by atomic mass is 10.2. The highest BCUT2D eigenvalue weighted by atomic mass is 32.2. The largest absolute Gasteiger partial charge is 0.454 e. The smallest absolute Gasteiger partial charge is 0.335 e. The molecule has 2 aliphatic heterocycles. The molecule has 8 nitrogen and oxygen atoms in total. The Bertz CT molecular complexity index is 827. The van der Waals surface area contributed by atoms with Crippen LogP contribution >= 0.6 is 0 Å². The van der Waals surface area contributed by atoms with Gasteiger partial charge >= 0.3 is 5.97 Å². The zero-order valence-corrected chi connectivity index (χ0v) is 16.8. The number of piperidine rings is 1. The van der Waals surface area contributed by atoms with Gasteiger partial charge in [0.1, 0.15) is 0 Å². The van der Waals surface area contributed by atoms with E-state index < -0.39 is 34.6 Å². The predicted molar refractivity (Wildman–Crippen MR) is 102 cm³/mol. The SMILES string of the molecule is Cc1ccc(NC(=O)COC(=O)[C@@H]2CCCO2)cc1S(=O)(=O)N1CCCCC1. The fourth-order valence-corrected chi connectivity index (χ4v) is 5.16. The van der Waals surface area contributed by atoms with E-state index in [2.05, 4.69) is 5.32 Å². The molecule has 0 saturated carbocycles. The molecule has 2 heterocycles. The van der Waals surface area contributed by atoms with Gasteiger partial charge in [-0.25, -0.2) is 13.2 Å². The maximum atomic E-state index is 12.9. The predicted octanol–water partition coefficient (Wildman–Crippen LogP) is 1.83. The average molecular weight is 410 g/mol. The number of ether oxygens (including phenoxy) is 2. The van der Waals surface area contributed by atoms with E-state index >= 15 is 0 Å². The van der Waals surface area contributed by atoms with Crippen LogP contribution in [0.5, 0.6) is 0 Å². The summed E-state index contributed by atoms with van der Waals surface area (Å²) in [5, 5.41) is 2.59. The Hall–Kier alpha value is -1.97. The van der Waals surface area contributed by atoms with E-state index in [9.17, 15) is 18.0 Å². The van der Waals surface area contributed by atoms with E-state index in [4.69, 9.17) is 9.47 Å². The van der Waals surface area contributed by atoms with Gasteiger partial charge in [0, 0.05) is 25.4 Å². The summed E-state index contributed by atoms with van der Waals surface area (Å²) < 4.78 is 37.6. The number of esters is 1. The topological polar surface area (TPSA) is 102 Å². The first kappa shape index (κ1) is 20.8. The van der Waals surface area contributed by atoms with Gasteiger partial charge in [0.25, 0.3) is 5.91 Å². The molecule has 154 valence electrons. The number of nitrogens with one attached hydrogen (secondary N) is 1. The van der Waals surface area contributed by atoms with E-state index in [1.807, 2.05) is 0 Å². The standard InChI is InChI=1S/C19H26N2O6S/c1-14-7-8-15(12-17(14)28(24,25)21-9-3-2-4-10-21)20-18(22)13-27-19(23)16-6-5-11-26-16/h7-8,12,16H,2-6,9-11,13H2,1H3,(H,20,22)/t16-/m0/s1. The number of aryl methyl sites for hydroxylation is 1. The number of sulfonamides is 1. The Balaban J connectivity index is 1.63. The molecule has 9 heteroatoms. The monoisotopic (exact) mass is 410 g/mol. The number of carbonyl (C=O) groups excluding carboxylic acids is 2. The number of anilines is 1. The van der Waals surface area contributed by atoms with Crippen LogP contribution in [0.3, 0.4) is 0 Å². The summed E-state index contributed by atoms with van der Waals surface area (Å²) in [6.07, 6.45) is 3.52. The molecular formula is C19H26N2O6S. The molecule has 2 saturated heterocycles. The van der Waals surface area contributed by atoms with Crippen LogP contribution in [0.4, 0.5) is 5.69 Å². The van der Waals surface area contributed by atoms with Crippen molar-refractivity contribution in [2.75, 3.05) is 31.6 Å². The van der Waals surface area contributed by atoms with Gasteiger partial charge in [0.05, 0.1) is 4.90 Å². The highest BCUT2D eigenvalue weighted by Gasteiger charge is 2.28. The Kier molecular flexibility index (Phi) is 6.69. The number of amides is 1. The maximum Gasteiger partial charge on any atom is 0.335 e. The zero-order chi connectivity index (χ0) is 20.1. The maximum absolute atomic E-state index is 12.9. The minimum Gasteiger partial charge on any atom is -0.454 e. The number of hydrogen-bond acceptors (Lipinski definition) is 6. The first-order valence-electron chi connectivity index (χ1n) is 9.57. The van der Waals surface area contributed by atoms with Crippen molar-refractivity contribution in [1.29, 1.82) is 0 Å². The van der Waals surface area contributed by atoms with Crippen molar-refractivity contribution in [2.45, 2.75) is 50.0 Å². The third kappa shape index (κ3) is 4.89. The first-order chi connectivity index (χ1) is 13.4. The van der Waals surface area contributed by atoms with Crippen LogP contribution in [0.2, 0.25) is 0 Å². The van der Waals surface area contributed by atoms with Crippen molar-refractivity contribution >= 4 is 27.6 Å². The molecule has 2 aliphatic rings. The summed E-state index contributed by atoms with van der Waals surface area (Å²) in [4.78, 5) is 24.1. The lowest BCUT2D eigenvalue weighted by molar-refractivity contribution is -0.156. The summed E-state index contributed by atoms with van der Waals surface area (Å²) in [7, 11) is -3.61. The van der Waals surface area contributed by atoms with Crippen LogP contribution in [0, 0.1) is 6.92 Å². The lowest BCUT2D eigenvalue weighted by Crippen LogP contribution is -2.36. The fraction of sp³-hybridized carbons (Fsp3) is 0.579. The molecule has 0 radical (unpaired) electrons. The van der Waals surface area contributed by atoms with Gasteiger partial charge in [0.15, 0.2) is 12.7 Å². The molecule has 1 aromatic carbocycles. The van der Waals surface area contributed by atoms with Crippen molar-refractivity contribution in [3.63, 3.8) is 0 Å². The summed E-state index contributed by atoms with van der Waals surface area (Å²) in [6, 6.07) is 4.74. The molecule has 1 atom stereocenters. The van der Waals surface area contributed by atoms with Gasteiger partial charge in [0.2, 0.25) is 10.0 Å². The van der Waals surface area contributed by atoms with Crippen LogP contribution in [-0.4, -0.2) is 57.0 Å². The number of benzene rings is 1. The number of hydrogen-bond donors (Lipinski definition) is 1. The quantitative estimate of drug-likeness (QED) is 0.718. The van der Waals surface area contributed by atoms with Gasteiger partial charge in [-0.15, -0.1) is 0 Å². The Labute approximate surface area is 165 Å². The summed E-state index contributed by atoms with van der Waals surface area (Å²) in [5.41, 5.74) is 0.965. The lowest BCUT2D eigenvalue weighted by Gasteiger charge is -2.26. The molecule has 28 heavy (non-hydrogen) atoms. The van der Waals surface area contributed by atoms with Gasteiger partial charge < -0.3 is 14.8 Å². The Morgan fingerprint density at radius 2 is 1.96 bits per heavy atom. The molecule has 2 fully saturated rings. The zero-order valence-electron chi connectivity index (χ0n) is 16.0. The minimum absolute atomic E-state index is 0.184. The van der Waals surface area contributed by atoms with Gasteiger partial charge in [-0.05, 0) is 50.3 Å². The minimum atomic E-state index is -3.61.